The number of Topliss-reactive ketones (excluding diaryl/α,β-unsaturated/α-hetero) is 1. The second-order valence-electron chi connectivity index (χ2n) is 10.4. The van der Waals surface area contributed by atoms with Crippen LogP contribution >= 0.6 is 0 Å². The first kappa shape index (κ1) is 32.7. The first-order valence-corrected chi connectivity index (χ1v) is 13.7. The van der Waals surface area contributed by atoms with E-state index in [0.717, 1.165) is 30.8 Å². The maximum atomic E-state index is 12.2. The van der Waals surface area contributed by atoms with Gasteiger partial charge in [-0.15, -0.1) is 0 Å². The lowest BCUT2D eigenvalue weighted by Crippen LogP contribution is -2.45. The molecular formula is C33H35NO9. The molecule has 10 nitrogen and oxygen atoms in total. The zero-order valence-corrected chi connectivity index (χ0v) is 24.3. The molecule has 0 radical (unpaired) electrons. The fourth-order valence-electron chi connectivity index (χ4n) is 4.31. The quantitative estimate of drug-likeness (QED) is 0.346. The fraction of sp³-hybridized carbons (Fsp3) is 0.303. The first-order valence-electron chi connectivity index (χ1n) is 13.7. The van der Waals surface area contributed by atoms with Crippen molar-refractivity contribution in [2.24, 2.45) is 5.92 Å². The van der Waals surface area contributed by atoms with E-state index in [1.165, 1.54) is 29.8 Å². The van der Waals surface area contributed by atoms with E-state index in [1.807, 2.05) is 13.0 Å². The van der Waals surface area contributed by atoms with Gasteiger partial charge >= 0.3 is 23.9 Å². The molecule has 2 unspecified atom stereocenters. The smallest absolute Gasteiger partial charge is 0.349 e. The van der Waals surface area contributed by atoms with Crippen molar-refractivity contribution in [3.8, 4) is 0 Å². The minimum Gasteiger partial charge on any atom is -0.478 e. The summed E-state index contributed by atoms with van der Waals surface area (Å²) in [7, 11) is 0. The third-order valence-corrected chi connectivity index (χ3v) is 6.81. The lowest BCUT2D eigenvalue weighted by atomic mass is 9.98. The summed E-state index contributed by atoms with van der Waals surface area (Å²) in [4.78, 5) is 61.1. The summed E-state index contributed by atoms with van der Waals surface area (Å²) in [6, 6.07) is 22.5. The van der Waals surface area contributed by atoms with Crippen molar-refractivity contribution in [3.05, 3.63) is 107 Å². The van der Waals surface area contributed by atoms with Crippen LogP contribution in [0.3, 0.4) is 0 Å². The van der Waals surface area contributed by atoms with E-state index in [2.05, 4.69) is 29.2 Å². The molecule has 10 heteroatoms. The lowest BCUT2D eigenvalue weighted by Gasteiger charge is -2.29. The minimum atomic E-state index is -2.22. The van der Waals surface area contributed by atoms with Crippen LogP contribution in [-0.4, -0.2) is 70.1 Å². The van der Waals surface area contributed by atoms with Crippen molar-refractivity contribution in [2.45, 2.75) is 45.9 Å². The number of ether oxygens (including phenoxy) is 2. The van der Waals surface area contributed by atoms with E-state index in [1.54, 1.807) is 38.1 Å². The van der Waals surface area contributed by atoms with Crippen LogP contribution in [0, 0.1) is 19.8 Å². The predicted molar refractivity (Wildman–Crippen MR) is 157 cm³/mol. The Kier molecular flexibility index (Phi) is 11.7. The number of aliphatic carboxylic acids is 2. The number of aryl methyl sites for hydroxylation is 2. The number of ketones is 1. The average Bonchev–Trinajstić information content (AvgIpc) is 2.98. The van der Waals surface area contributed by atoms with Crippen molar-refractivity contribution in [2.75, 3.05) is 13.1 Å². The lowest BCUT2D eigenvalue weighted by molar-refractivity contribution is -0.166. The van der Waals surface area contributed by atoms with Gasteiger partial charge in [0.15, 0.2) is 0 Å². The second kappa shape index (κ2) is 15.4. The molecule has 0 aromatic heterocycles. The SMILES string of the molecule is C[C@@H]1CN(Cc2ccccc2)CCC1=O.Cc1ccc(C(=O)OC(C(=O)O)C(OC(=O)c2ccc(C)cc2)C(=O)O)cc1. The monoisotopic (exact) mass is 589 g/mol. The standard InChI is InChI=1S/C20H18O8.C13H17NO/c1-11-3-7-13(8-4-11)19(25)27-15(17(21)22)16(18(23)24)28-20(26)14-9-5-12(2)6-10-14;1-11-9-14(8-7-13(11)15)10-12-5-3-2-4-6-12/h3-10,15-16H,1-2H3,(H,21,22)(H,23,24);2-6,11H,7-10H2,1H3/t;11-/m.1/s1. The Bertz CT molecular complexity index is 1340. The molecule has 4 rings (SSSR count). The van der Waals surface area contributed by atoms with Gasteiger partial charge in [0.1, 0.15) is 5.78 Å². The summed E-state index contributed by atoms with van der Waals surface area (Å²) in [6.45, 7) is 8.41. The molecule has 1 aliphatic heterocycles. The maximum absolute atomic E-state index is 12.2. The number of piperidine rings is 1. The van der Waals surface area contributed by atoms with E-state index in [-0.39, 0.29) is 17.0 Å². The van der Waals surface area contributed by atoms with Gasteiger partial charge in [-0.3, -0.25) is 9.69 Å². The molecule has 1 heterocycles. The number of esters is 2. The Morgan fingerprint density at radius 2 is 1.21 bits per heavy atom. The highest BCUT2D eigenvalue weighted by Crippen LogP contribution is 2.16. The van der Waals surface area contributed by atoms with Crippen LogP contribution in [-0.2, 0) is 30.4 Å². The van der Waals surface area contributed by atoms with Crippen LogP contribution in [0.25, 0.3) is 0 Å². The molecule has 1 saturated heterocycles. The molecule has 3 aromatic carbocycles. The third kappa shape index (κ3) is 9.89. The molecule has 0 bridgehead atoms. The summed E-state index contributed by atoms with van der Waals surface area (Å²) in [5, 5.41) is 18.6. The van der Waals surface area contributed by atoms with Crippen LogP contribution in [0.4, 0.5) is 0 Å². The molecule has 226 valence electrons. The number of nitrogens with zero attached hydrogens (tertiary/aromatic N) is 1. The topological polar surface area (TPSA) is 148 Å². The average molecular weight is 590 g/mol. The summed E-state index contributed by atoms with van der Waals surface area (Å²) in [5.41, 5.74) is 3.12. The summed E-state index contributed by atoms with van der Waals surface area (Å²) in [5.74, 6) is -4.99. The molecule has 1 fully saturated rings. The predicted octanol–water partition coefficient (Wildman–Crippen LogP) is 4.32. The van der Waals surface area contributed by atoms with Crippen molar-refractivity contribution in [1.29, 1.82) is 0 Å². The van der Waals surface area contributed by atoms with Crippen molar-refractivity contribution < 1.29 is 43.7 Å². The van der Waals surface area contributed by atoms with Crippen molar-refractivity contribution in [3.63, 3.8) is 0 Å². The number of carboxylic acids is 2. The number of carboxylic acid groups (broad SMARTS) is 2. The molecule has 43 heavy (non-hydrogen) atoms. The Balaban J connectivity index is 0.000000282. The molecule has 1 aliphatic rings. The van der Waals surface area contributed by atoms with E-state index >= 15 is 0 Å². The van der Waals surface area contributed by atoms with Crippen LogP contribution in [0.2, 0.25) is 0 Å². The van der Waals surface area contributed by atoms with E-state index in [0.29, 0.717) is 12.2 Å². The molecule has 0 saturated carbocycles. The number of hydrogen-bond donors (Lipinski definition) is 2. The summed E-state index contributed by atoms with van der Waals surface area (Å²) >= 11 is 0. The summed E-state index contributed by atoms with van der Waals surface area (Å²) < 4.78 is 9.64. The van der Waals surface area contributed by atoms with Gasteiger partial charge in [0.2, 0.25) is 12.2 Å². The second-order valence-corrected chi connectivity index (χ2v) is 10.4. The molecule has 2 N–H and O–H groups in total. The number of rotatable bonds is 9. The Hall–Kier alpha value is -4.83. The number of carbonyl (C=O) groups is 5. The van der Waals surface area contributed by atoms with Gasteiger partial charge in [0.25, 0.3) is 0 Å². The van der Waals surface area contributed by atoms with Gasteiger partial charge < -0.3 is 19.7 Å². The fourth-order valence-corrected chi connectivity index (χ4v) is 4.31. The minimum absolute atomic E-state index is 0.0332. The Morgan fingerprint density at radius 3 is 1.60 bits per heavy atom. The molecule has 3 aromatic rings. The van der Waals surface area contributed by atoms with Gasteiger partial charge in [-0.05, 0) is 43.7 Å². The number of benzene rings is 3. The van der Waals surface area contributed by atoms with Gasteiger partial charge in [-0.2, -0.15) is 0 Å². The normalized spacial score (nSPS) is 16.2. The van der Waals surface area contributed by atoms with E-state index in [9.17, 15) is 34.2 Å². The van der Waals surface area contributed by atoms with Crippen LogP contribution in [0.5, 0.6) is 0 Å². The number of likely N-dealkylation sites (tertiary alicyclic amines) is 1. The molecule has 3 atom stereocenters. The first-order chi connectivity index (χ1) is 20.4. The van der Waals surface area contributed by atoms with E-state index < -0.39 is 36.1 Å². The highest BCUT2D eigenvalue weighted by Gasteiger charge is 2.41. The highest BCUT2D eigenvalue weighted by molar-refractivity contribution is 5.95. The van der Waals surface area contributed by atoms with Crippen molar-refractivity contribution >= 4 is 29.7 Å². The number of hydrogen-bond acceptors (Lipinski definition) is 8. The zero-order valence-electron chi connectivity index (χ0n) is 24.3. The van der Waals surface area contributed by atoms with Crippen LogP contribution in [0.1, 0.15) is 50.8 Å². The highest BCUT2D eigenvalue weighted by atomic mass is 16.6. The Labute approximate surface area is 249 Å². The largest absolute Gasteiger partial charge is 0.478 e. The number of carbonyl (C=O) groups excluding carboxylic acids is 3. The third-order valence-electron chi connectivity index (χ3n) is 6.81. The molecule has 0 aliphatic carbocycles. The zero-order chi connectivity index (χ0) is 31.5. The van der Waals surface area contributed by atoms with Crippen molar-refractivity contribution in [1.82, 2.24) is 4.90 Å². The van der Waals surface area contributed by atoms with Crippen LogP contribution in [0.15, 0.2) is 78.9 Å². The Morgan fingerprint density at radius 1 is 0.767 bits per heavy atom. The maximum Gasteiger partial charge on any atom is 0.349 e. The van der Waals surface area contributed by atoms with Gasteiger partial charge in [0, 0.05) is 32.0 Å². The molecular weight excluding hydrogens is 554 g/mol. The molecule has 0 amide bonds. The van der Waals surface area contributed by atoms with Crippen LogP contribution < -0.4 is 0 Å². The van der Waals surface area contributed by atoms with E-state index in [4.69, 9.17) is 9.47 Å². The summed E-state index contributed by atoms with van der Waals surface area (Å²) in [6.07, 6.45) is -3.73. The van der Waals surface area contributed by atoms with Gasteiger partial charge in [-0.25, -0.2) is 19.2 Å². The van der Waals surface area contributed by atoms with Gasteiger partial charge in [0.05, 0.1) is 11.1 Å². The van der Waals surface area contributed by atoms with Gasteiger partial charge in [-0.1, -0.05) is 72.6 Å². The molecule has 0 spiro atoms.